The summed E-state index contributed by atoms with van der Waals surface area (Å²) in [5.74, 6) is -0.0736. The number of benzene rings is 1. The molecule has 0 aromatic heterocycles. The van der Waals surface area contributed by atoms with Crippen LogP contribution in [0.15, 0.2) is 18.2 Å². The molecular weight excluding hydrogens is 298 g/mol. The summed E-state index contributed by atoms with van der Waals surface area (Å²) in [5.41, 5.74) is 5.88. The fourth-order valence-corrected chi connectivity index (χ4v) is 2.48. The first kappa shape index (κ1) is 17.2. The van der Waals surface area contributed by atoms with Crippen LogP contribution >= 0.6 is 12.4 Å². The number of carbonyl (C=O) groups excluding carboxylic acids is 1. The third-order valence-corrected chi connectivity index (χ3v) is 3.53. The van der Waals surface area contributed by atoms with Crippen LogP contribution in [0.4, 0.5) is 5.69 Å². The van der Waals surface area contributed by atoms with Crippen molar-refractivity contribution in [2.24, 2.45) is 5.73 Å². The summed E-state index contributed by atoms with van der Waals surface area (Å²) in [4.78, 5) is 24.4. The molecule has 0 spiro atoms. The third kappa shape index (κ3) is 3.43. The second-order valence-electron chi connectivity index (χ2n) is 4.67. The van der Waals surface area contributed by atoms with Gasteiger partial charge in [-0.1, -0.05) is 0 Å². The summed E-state index contributed by atoms with van der Waals surface area (Å²) in [6.45, 7) is 1.09. The van der Waals surface area contributed by atoms with Gasteiger partial charge in [0.2, 0.25) is 0 Å². The summed E-state index contributed by atoms with van der Waals surface area (Å²) in [6.07, 6.45) is 1.82. The molecule has 1 aliphatic rings. The molecular formula is C13H18ClN3O4. The first-order valence-electron chi connectivity index (χ1n) is 6.42. The molecule has 0 aliphatic carbocycles. The van der Waals surface area contributed by atoms with Gasteiger partial charge in [-0.3, -0.25) is 14.9 Å². The molecule has 1 amide bonds. The summed E-state index contributed by atoms with van der Waals surface area (Å²) >= 11 is 0. The molecule has 1 aromatic rings. The SMILES string of the molecule is COc1cc(C(=O)N2CCCC2CN)ccc1[N+](=O)[O-].Cl. The van der Waals surface area contributed by atoms with E-state index in [9.17, 15) is 14.9 Å². The zero-order valence-electron chi connectivity index (χ0n) is 11.7. The molecule has 1 aliphatic heterocycles. The van der Waals surface area contributed by atoms with E-state index in [-0.39, 0.29) is 35.8 Å². The summed E-state index contributed by atoms with van der Waals surface area (Å²) in [5, 5.41) is 10.8. The molecule has 0 bridgehead atoms. The lowest BCUT2D eigenvalue weighted by molar-refractivity contribution is -0.385. The lowest BCUT2D eigenvalue weighted by Crippen LogP contribution is -2.39. The van der Waals surface area contributed by atoms with E-state index in [0.29, 0.717) is 18.7 Å². The number of nitrogens with zero attached hydrogens (tertiary/aromatic N) is 2. The molecule has 7 nitrogen and oxygen atoms in total. The summed E-state index contributed by atoms with van der Waals surface area (Å²) < 4.78 is 4.98. The molecule has 1 aromatic carbocycles. The molecule has 1 heterocycles. The maximum atomic E-state index is 12.4. The summed E-state index contributed by atoms with van der Waals surface area (Å²) in [7, 11) is 1.34. The number of hydrogen-bond donors (Lipinski definition) is 1. The molecule has 21 heavy (non-hydrogen) atoms. The van der Waals surface area contributed by atoms with E-state index in [1.54, 1.807) is 4.90 Å². The highest BCUT2D eigenvalue weighted by molar-refractivity contribution is 5.95. The predicted octanol–water partition coefficient (Wildman–Crippen LogP) is 1.59. The molecule has 2 N–H and O–H groups in total. The van der Waals surface area contributed by atoms with Crippen molar-refractivity contribution >= 4 is 24.0 Å². The van der Waals surface area contributed by atoms with Crippen LogP contribution in [0.3, 0.4) is 0 Å². The van der Waals surface area contributed by atoms with Gasteiger partial charge in [0.1, 0.15) is 0 Å². The van der Waals surface area contributed by atoms with Crippen LogP contribution in [0, 0.1) is 10.1 Å². The Morgan fingerprint density at radius 3 is 2.86 bits per heavy atom. The average molecular weight is 316 g/mol. The predicted molar refractivity (Wildman–Crippen MR) is 80.0 cm³/mol. The number of nitrogens with two attached hydrogens (primary N) is 1. The standard InChI is InChI=1S/C13H17N3O4.ClH/c1-20-12-7-9(4-5-11(12)16(18)19)13(17)15-6-2-3-10(15)8-14;/h4-5,7,10H,2-3,6,8,14H2,1H3;1H. The van der Waals surface area contributed by atoms with E-state index in [1.807, 2.05) is 0 Å². The highest BCUT2D eigenvalue weighted by atomic mass is 35.5. The minimum absolute atomic E-state index is 0. The van der Waals surface area contributed by atoms with Crippen LogP contribution in [-0.4, -0.2) is 42.0 Å². The topological polar surface area (TPSA) is 98.7 Å². The normalized spacial score (nSPS) is 17.2. The molecule has 8 heteroatoms. The van der Waals surface area contributed by atoms with Crippen LogP contribution in [-0.2, 0) is 0 Å². The highest BCUT2D eigenvalue weighted by Crippen LogP contribution is 2.29. The second-order valence-corrected chi connectivity index (χ2v) is 4.67. The Balaban J connectivity index is 0.00000220. The zero-order valence-corrected chi connectivity index (χ0v) is 12.5. The Hall–Kier alpha value is -1.86. The number of nitro groups is 1. The van der Waals surface area contributed by atoms with E-state index in [2.05, 4.69) is 0 Å². The minimum atomic E-state index is -0.536. The largest absolute Gasteiger partial charge is 0.490 e. The van der Waals surface area contributed by atoms with Gasteiger partial charge >= 0.3 is 5.69 Å². The Bertz CT molecular complexity index is 538. The van der Waals surface area contributed by atoms with Crippen molar-refractivity contribution in [3.05, 3.63) is 33.9 Å². The number of hydrogen-bond acceptors (Lipinski definition) is 5. The van der Waals surface area contributed by atoms with Crippen LogP contribution < -0.4 is 10.5 Å². The van der Waals surface area contributed by atoms with Crippen molar-refractivity contribution in [2.75, 3.05) is 20.2 Å². The molecule has 1 unspecified atom stereocenters. The van der Waals surface area contributed by atoms with Crippen molar-refractivity contribution in [1.29, 1.82) is 0 Å². The van der Waals surface area contributed by atoms with Crippen molar-refractivity contribution in [3.63, 3.8) is 0 Å². The number of amides is 1. The van der Waals surface area contributed by atoms with Crippen molar-refractivity contribution in [2.45, 2.75) is 18.9 Å². The Morgan fingerprint density at radius 2 is 2.29 bits per heavy atom. The van der Waals surface area contributed by atoms with Gasteiger partial charge < -0.3 is 15.4 Å². The van der Waals surface area contributed by atoms with Gasteiger partial charge in [-0.2, -0.15) is 0 Å². The molecule has 1 saturated heterocycles. The van der Waals surface area contributed by atoms with Crippen molar-refractivity contribution in [1.82, 2.24) is 4.90 Å². The van der Waals surface area contributed by atoms with Crippen LogP contribution in [0.1, 0.15) is 23.2 Å². The number of nitro benzene ring substituents is 1. The zero-order chi connectivity index (χ0) is 14.7. The van der Waals surface area contributed by atoms with Gasteiger partial charge in [0.05, 0.1) is 12.0 Å². The smallest absolute Gasteiger partial charge is 0.310 e. The second kappa shape index (κ2) is 7.24. The van der Waals surface area contributed by atoms with Crippen LogP contribution in [0.25, 0.3) is 0 Å². The van der Waals surface area contributed by atoms with E-state index in [1.165, 1.54) is 25.3 Å². The highest BCUT2D eigenvalue weighted by Gasteiger charge is 2.29. The fourth-order valence-electron chi connectivity index (χ4n) is 2.48. The van der Waals surface area contributed by atoms with E-state index < -0.39 is 4.92 Å². The van der Waals surface area contributed by atoms with Gasteiger partial charge in [-0.15, -0.1) is 12.4 Å². The Morgan fingerprint density at radius 1 is 1.57 bits per heavy atom. The molecule has 2 rings (SSSR count). The number of carbonyl (C=O) groups is 1. The Labute approximate surface area is 128 Å². The maximum absolute atomic E-state index is 12.4. The van der Waals surface area contributed by atoms with Gasteiger partial charge in [0.25, 0.3) is 5.91 Å². The third-order valence-electron chi connectivity index (χ3n) is 3.53. The molecule has 1 atom stereocenters. The molecule has 0 saturated carbocycles. The first-order chi connectivity index (χ1) is 9.58. The lowest BCUT2D eigenvalue weighted by atomic mass is 10.1. The Kier molecular flexibility index (Phi) is 5.92. The van der Waals surface area contributed by atoms with Gasteiger partial charge in [0.15, 0.2) is 5.75 Å². The maximum Gasteiger partial charge on any atom is 0.310 e. The monoisotopic (exact) mass is 315 g/mol. The van der Waals surface area contributed by atoms with Crippen LogP contribution in [0.2, 0.25) is 0 Å². The first-order valence-corrected chi connectivity index (χ1v) is 6.42. The molecule has 0 radical (unpaired) electrons. The molecule has 1 fully saturated rings. The van der Waals surface area contributed by atoms with Gasteiger partial charge in [-0.25, -0.2) is 0 Å². The molecule has 116 valence electrons. The number of ether oxygens (including phenoxy) is 1. The number of rotatable bonds is 4. The van der Waals surface area contributed by atoms with Gasteiger partial charge in [-0.05, 0) is 18.9 Å². The van der Waals surface area contributed by atoms with Crippen molar-refractivity contribution < 1.29 is 14.5 Å². The van der Waals surface area contributed by atoms with Crippen molar-refractivity contribution in [3.8, 4) is 5.75 Å². The van der Waals surface area contributed by atoms with Gasteiger partial charge in [0, 0.05) is 36.8 Å². The number of likely N-dealkylation sites (tertiary alicyclic amines) is 1. The lowest BCUT2D eigenvalue weighted by Gasteiger charge is -2.23. The van der Waals surface area contributed by atoms with E-state index in [4.69, 9.17) is 10.5 Å². The summed E-state index contributed by atoms with van der Waals surface area (Å²) in [6, 6.07) is 4.20. The quantitative estimate of drug-likeness (QED) is 0.672. The average Bonchev–Trinajstić information content (AvgIpc) is 2.93. The minimum Gasteiger partial charge on any atom is -0.490 e. The fraction of sp³-hybridized carbons (Fsp3) is 0.462. The van der Waals surface area contributed by atoms with Crippen LogP contribution in [0.5, 0.6) is 5.75 Å². The van der Waals surface area contributed by atoms with E-state index in [0.717, 1.165) is 12.8 Å². The number of methoxy groups -OCH3 is 1. The number of halogens is 1. The van der Waals surface area contributed by atoms with E-state index >= 15 is 0 Å².